The molecular weight excluding hydrogens is 390 g/mol. The standard InChI is InChI=1S/C23H26F2N2O3/c24-23(25)9-4-10-26(13-23)12-15-11-18-21(17-6-2-1-5-16(15)17)30-14-27(22(18)29)19-7-3-8-20(19)28/h1-2,5-6,11,19-20,28H,3-4,7-10,12-14H2/t19-,20?/m0/s1. The molecule has 2 aromatic carbocycles. The number of aliphatic hydroxyl groups excluding tert-OH is 1. The molecule has 1 N–H and O–H groups in total. The van der Waals surface area contributed by atoms with Gasteiger partial charge in [0.2, 0.25) is 0 Å². The van der Waals surface area contributed by atoms with Crippen molar-refractivity contribution in [3.05, 3.63) is 41.5 Å². The van der Waals surface area contributed by atoms with Crippen LogP contribution in [0.4, 0.5) is 8.78 Å². The Morgan fingerprint density at radius 2 is 1.97 bits per heavy atom. The van der Waals surface area contributed by atoms with Gasteiger partial charge in [0.25, 0.3) is 11.8 Å². The Kier molecular flexibility index (Phi) is 4.90. The average molecular weight is 416 g/mol. The van der Waals surface area contributed by atoms with Crippen LogP contribution in [0.1, 0.15) is 48.0 Å². The van der Waals surface area contributed by atoms with Gasteiger partial charge in [-0.3, -0.25) is 14.6 Å². The van der Waals surface area contributed by atoms with E-state index in [0.29, 0.717) is 37.2 Å². The van der Waals surface area contributed by atoms with E-state index in [1.54, 1.807) is 15.9 Å². The van der Waals surface area contributed by atoms with Gasteiger partial charge in [0.1, 0.15) is 5.75 Å². The van der Waals surface area contributed by atoms with Crippen LogP contribution in [0.3, 0.4) is 0 Å². The lowest BCUT2D eigenvalue weighted by atomic mass is 9.96. The number of likely N-dealkylation sites (tertiary alicyclic amines) is 1. The van der Waals surface area contributed by atoms with Gasteiger partial charge >= 0.3 is 0 Å². The van der Waals surface area contributed by atoms with Crippen LogP contribution in [-0.2, 0) is 6.54 Å². The second kappa shape index (κ2) is 7.46. The van der Waals surface area contributed by atoms with E-state index in [9.17, 15) is 18.7 Å². The Morgan fingerprint density at radius 1 is 1.17 bits per heavy atom. The van der Waals surface area contributed by atoms with Crippen LogP contribution in [0.15, 0.2) is 30.3 Å². The van der Waals surface area contributed by atoms with Crippen LogP contribution in [0.25, 0.3) is 10.8 Å². The summed E-state index contributed by atoms with van der Waals surface area (Å²) in [5.41, 5.74) is 1.31. The Hall–Kier alpha value is -2.25. The highest BCUT2D eigenvalue weighted by Crippen LogP contribution is 2.39. The fourth-order valence-electron chi connectivity index (χ4n) is 5.17. The van der Waals surface area contributed by atoms with Gasteiger partial charge < -0.3 is 9.84 Å². The van der Waals surface area contributed by atoms with Crippen molar-refractivity contribution in [2.75, 3.05) is 19.8 Å². The van der Waals surface area contributed by atoms with Gasteiger partial charge in [0, 0.05) is 18.4 Å². The lowest BCUT2D eigenvalue weighted by molar-refractivity contribution is -0.0660. The van der Waals surface area contributed by atoms with Crippen molar-refractivity contribution < 1.29 is 23.4 Å². The Labute approximate surface area is 174 Å². The van der Waals surface area contributed by atoms with Gasteiger partial charge in [-0.25, -0.2) is 8.78 Å². The van der Waals surface area contributed by atoms with Crippen LogP contribution < -0.4 is 4.74 Å². The van der Waals surface area contributed by atoms with Crippen LogP contribution in [-0.4, -0.2) is 58.7 Å². The number of amides is 1. The van der Waals surface area contributed by atoms with Crippen molar-refractivity contribution in [3.63, 3.8) is 0 Å². The van der Waals surface area contributed by atoms with Crippen molar-refractivity contribution in [2.45, 2.75) is 56.7 Å². The van der Waals surface area contributed by atoms with Crippen molar-refractivity contribution in [1.82, 2.24) is 9.80 Å². The topological polar surface area (TPSA) is 53.0 Å². The number of nitrogens with zero attached hydrogens (tertiary/aromatic N) is 2. The molecule has 7 heteroatoms. The molecule has 2 heterocycles. The van der Waals surface area contributed by atoms with E-state index in [-0.39, 0.29) is 31.6 Å². The summed E-state index contributed by atoms with van der Waals surface area (Å²) in [7, 11) is 0. The second-order valence-corrected chi connectivity index (χ2v) is 8.74. The fourth-order valence-corrected chi connectivity index (χ4v) is 5.17. The van der Waals surface area contributed by atoms with Crippen molar-refractivity contribution in [2.24, 2.45) is 0 Å². The maximum Gasteiger partial charge on any atom is 0.260 e. The minimum atomic E-state index is -2.67. The quantitative estimate of drug-likeness (QED) is 0.828. The number of hydrogen-bond donors (Lipinski definition) is 1. The molecule has 2 aromatic rings. The van der Waals surface area contributed by atoms with Gasteiger partial charge in [0.05, 0.1) is 24.3 Å². The number of carbonyl (C=O) groups excluding carboxylic acids is 1. The van der Waals surface area contributed by atoms with Gasteiger partial charge in [-0.2, -0.15) is 0 Å². The molecule has 0 spiro atoms. The van der Waals surface area contributed by atoms with E-state index in [1.165, 1.54) is 0 Å². The number of benzene rings is 2. The summed E-state index contributed by atoms with van der Waals surface area (Å²) in [6.45, 7) is 0.840. The van der Waals surface area contributed by atoms with Crippen molar-refractivity contribution in [3.8, 4) is 5.75 Å². The SMILES string of the molecule is O=C1c2cc(CN3CCCC(F)(F)C3)c3ccccc3c2OCN1[C@H]1CCCC1O. The van der Waals surface area contributed by atoms with E-state index in [1.807, 2.05) is 24.3 Å². The Bertz CT molecular complexity index is 980. The van der Waals surface area contributed by atoms with Crippen LogP contribution in [0.2, 0.25) is 0 Å². The first-order valence-corrected chi connectivity index (χ1v) is 10.7. The fraction of sp³-hybridized carbons (Fsp3) is 0.522. The van der Waals surface area contributed by atoms with Crippen LogP contribution in [0.5, 0.6) is 5.75 Å². The van der Waals surface area contributed by atoms with E-state index < -0.39 is 12.0 Å². The predicted octanol–water partition coefficient (Wildman–Crippen LogP) is 3.78. The zero-order valence-corrected chi connectivity index (χ0v) is 16.8. The molecule has 2 atom stereocenters. The average Bonchev–Trinajstić information content (AvgIpc) is 3.14. The number of aliphatic hydroxyl groups is 1. The number of fused-ring (bicyclic) bond motifs is 3. The molecule has 160 valence electrons. The van der Waals surface area contributed by atoms with E-state index in [2.05, 4.69) is 0 Å². The highest BCUT2D eigenvalue weighted by Gasteiger charge is 2.39. The summed E-state index contributed by atoms with van der Waals surface area (Å²) in [6, 6.07) is 9.24. The molecule has 1 saturated carbocycles. The third-order valence-electron chi connectivity index (χ3n) is 6.63. The summed E-state index contributed by atoms with van der Waals surface area (Å²) >= 11 is 0. The monoisotopic (exact) mass is 416 g/mol. The minimum Gasteiger partial charge on any atom is -0.472 e. The third-order valence-corrected chi connectivity index (χ3v) is 6.63. The smallest absolute Gasteiger partial charge is 0.260 e. The van der Waals surface area contributed by atoms with E-state index in [4.69, 9.17) is 4.74 Å². The molecule has 3 aliphatic rings. The highest BCUT2D eigenvalue weighted by atomic mass is 19.3. The molecule has 30 heavy (non-hydrogen) atoms. The first-order valence-electron chi connectivity index (χ1n) is 10.7. The highest BCUT2D eigenvalue weighted by molar-refractivity contribution is 6.06. The van der Waals surface area contributed by atoms with Crippen LogP contribution in [0, 0.1) is 0 Å². The number of ether oxygens (including phenoxy) is 1. The Balaban J connectivity index is 1.52. The summed E-state index contributed by atoms with van der Waals surface area (Å²) in [5, 5.41) is 12.0. The summed E-state index contributed by atoms with van der Waals surface area (Å²) < 4.78 is 33.9. The maximum absolute atomic E-state index is 13.9. The van der Waals surface area contributed by atoms with Crippen molar-refractivity contribution in [1.29, 1.82) is 0 Å². The minimum absolute atomic E-state index is 0.0700. The largest absolute Gasteiger partial charge is 0.472 e. The normalized spacial score (nSPS) is 26.6. The third kappa shape index (κ3) is 3.44. The Morgan fingerprint density at radius 3 is 2.70 bits per heavy atom. The van der Waals surface area contributed by atoms with Gasteiger partial charge in [-0.05, 0) is 49.2 Å². The molecule has 1 saturated heterocycles. The molecule has 5 rings (SSSR count). The molecule has 1 aliphatic carbocycles. The molecule has 1 amide bonds. The number of rotatable bonds is 3. The van der Waals surface area contributed by atoms with E-state index >= 15 is 0 Å². The molecule has 1 unspecified atom stereocenters. The zero-order valence-electron chi connectivity index (χ0n) is 16.8. The summed E-state index contributed by atoms with van der Waals surface area (Å²) in [4.78, 5) is 16.7. The second-order valence-electron chi connectivity index (χ2n) is 8.74. The van der Waals surface area contributed by atoms with Gasteiger partial charge in [-0.1, -0.05) is 24.3 Å². The number of halogens is 2. The lowest BCUT2D eigenvalue weighted by Crippen LogP contribution is -2.48. The molecule has 2 fully saturated rings. The predicted molar refractivity (Wildman–Crippen MR) is 109 cm³/mol. The summed E-state index contributed by atoms with van der Waals surface area (Å²) in [6.07, 6.45) is 2.19. The number of carbonyl (C=O) groups is 1. The van der Waals surface area contributed by atoms with Gasteiger partial charge in [-0.15, -0.1) is 0 Å². The first-order chi connectivity index (χ1) is 14.4. The number of piperidine rings is 1. The molecule has 0 bridgehead atoms. The first kappa shape index (κ1) is 19.7. The molecule has 5 nitrogen and oxygen atoms in total. The zero-order chi connectivity index (χ0) is 20.9. The van der Waals surface area contributed by atoms with Gasteiger partial charge in [0.15, 0.2) is 6.73 Å². The molecule has 2 aliphatic heterocycles. The van der Waals surface area contributed by atoms with Crippen molar-refractivity contribution >= 4 is 16.7 Å². The van der Waals surface area contributed by atoms with E-state index in [0.717, 1.165) is 29.2 Å². The summed E-state index contributed by atoms with van der Waals surface area (Å²) in [5.74, 6) is -2.28. The number of alkyl halides is 2. The number of hydrogen-bond acceptors (Lipinski definition) is 4. The maximum atomic E-state index is 13.9. The molecular formula is C23H26F2N2O3. The lowest BCUT2D eigenvalue weighted by Gasteiger charge is -2.36. The molecule has 0 radical (unpaired) electrons. The molecule has 0 aromatic heterocycles. The van der Waals surface area contributed by atoms with Crippen LogP contribution >= 0.6 is 0 Å².